The number of nitrogens with one attached hydrogen (secondary N) is 2. The molecule has 0 aliphatic rings. The molecule has 2 rings (SSSR count). The lowest BCUT2D eigenvalue weighted by atomic mass is 10.1. The Bertz CT molecular complexity index is 643. The Morgan fingerprint density at radius 1 is 1.33 bits per heavy atom. The lowest BCUT2D eigenvalue weighted by Crippen LogP contribution is -2.14. The number of anilines is 2. The zero-order valence-electron chi connectivity index (χ0n) is 12.1. The van der Waals surface area contributed by atoms with Gasteiger partial charge in [-0.25, -0.2) is 0 Å². The highest BCUT2D eigenvalue weighted by Crippen LogP contribution is 2.22. The zero-order chi connectivity index (χ0) is 15.2. The number of aryl methyl sites for hydroxylation is 1. The summed E-state index contributed by atoms with van der Waals surface area (Å²) in [7, 11) is 0. The second kappa shape index (κ2) is 7.22. The number of benzene rings is 1. The Labute approximate surface area is 133 Å². The number of rotatable bonds is 5. The molecule has 0 bridgehead atoms. The Morgan fingerprint density at radius 3 is 2.81 bits per heavy atom. The molecule has 21 heavy (non-hydrogen) atoms. The predicted octanol–water partition coefficient (Wildman–Crippen LogP) is 4.23. The summed E-state index contributed by atoms with van der Waals surface area (Å²) in [5.74, 6) is -0.124. The first-order valence-corrected chi connectivity index (χ1v) is 7.66. The van der Waals surface area contributed by atoms with Crippen LogP contribution in [0.5, 0.6) is 0 Å². The third kappa shape index (κ3) is 4.04. The smallest absolute Gasteiger partial charge is 0.255 e. The van der Waals surface area contributed by atoms with E-state index in [0.29, 0.717) is 11.3 Å². The summed E-state index contributed by atoms with van der Waals surface area (Å²) >= 11 is 3.37. The van der Waals surface area contributed by atoms with E-state index in [1.165, 1.54) is 0 Å². The number of pyridine rings is 1. The molecule has 1 aromatic heterocycles. The van der Waals surface area contributed by atoms with Crippen molar-refractivity contribution in [3.63, 3.8) is 0 Å². The third-order valence-corrected chi connectivity index (χ3v) is 3.70. The van der Waals surface area contributed by atoms with Crippen molar-refractivity contribution in [1.82, 2.24) is 4.98 Å². The van der Waals surface area contributed by atoms with E-state index in [2.05, 4.69) is 38.5 Å². The van der Waals surface area contributed by atoms with E-state index in [1.54, 1.807) is 18.5 Å². The third-order valence-electron chi connectivity index (χ3n) is 3.07. The summed E-state index contributed by atoms with van der Waals surface area (Å²) in [6.07, 6.45) is 4.36. The van der Waals surface area contributed by atoms with Gasteiger partial charge in [0, 0.05) is 30.2 Å². The molecule has 5 heteroatoms. The van der Waals surface area contributed by atoms with E-state index in [0.717, 1.165) is 28.7 Å². The maximum atomic E-state index is 12.3. The van der Waals surface area contributed by atoms with E-state index in [9.17, 15) is 4.79 Å². The van der Waals surface area contributed by atoms with Gasteiger partial charge in [0.15, 0.2) is 0 Å². The Hall–Kier alpha value is -1.88. The molecule has 1 heterocycles. The van der Waals surface area contributed by atoms with Crippen LogP contribution < -0.4 is 10.6 Å². The summed E-state index contributed by atoms with van der Waals surface area (Å²) < 4.78 is 0.761. The molecular formula is C16H18BrN3O. The maximum Gasteiger partial charge on any atom is 0.255 e. The zero-order valence-corrected chi connectivity index (χ0v) is 13.7. The van der Waals surface area contributed by atoms with Crippen LogP contribution in [0.2, 0.25) is 0 Å². The van der Waals surface area contributed by atoms with E-state index in [-0.39, 0.29) is 5.91 Å². The fraction of sp³-hybridized carbons (Fsp3) is 0.250. The summed E-state index contributed by atoms with van der Waals surface area (Å²) in [4.78, 5) is 16.3. The Balaban J connectivity index is 2.14. The highest BCUT2D eigenvalue weighted by molar-refractivity contribution is 9.10. The molecular weight excluding hydrogens is 330 g/mol. The van der Waals surface area contributed by atoms with E-state index in [4.69, 9.17) is 0 Å². The predicted molar refractivity (Wildman–Crippen MR) is 89.8 cm³/mol. The van der Waals surface area contributed by atoms with Crippen molar-refractivity contribution in [3.8, 4) is 0 Å². The quantitative estimate of drug-likeness (QED) is 0.850. The number of aromatic nitrogens is 1. The van der Waals surface area contributed by atoms with Crippen LogP contribution in [0.3, 0.4) is 0 Å². The molecule has 4 nitrogen and oxygen atoms in total. The highest BCUT2D eigenvalue weighted by atomic mass is 79.9. The number of carbonyl (C=O) groups excluding carboxylic acids is 1. The van der Waals surface area contributed by atoms with Crippen LogP contribution in [-0.4, -0.2) is 17.4 Å². The van der Waals surface area contributed by atoms with Crippen LogP contribution in [-0.2, 0) is 0 Å². The van der Waals surface area contributed by atoms with Crippen LogP contribution in [0.25, 0.3) is 0 Å². The largest absolute Gasteiger partial charge is 0.385 e. The molecule has 0 atom stereocenters. The summed E-state index contributed by atoms with van der Waals surface area (Å²) in [5, 5.41) is 6.20. The molecule has 1 aromatic carbocycles. The maximum absolute atomic E-state index is 12.3. The number of carbonyl (C=O) groups is 1. The second-order valence-electron chi connectivity index (χ2n) is 4.77. The standard InChI is InChI=1S/C16H18BrN3O/c1-3-7-19-12-4-5-13(11(2)9-12)16(21)20-15-6-8-18-10-14(15)17/h4-6,8-10,19H,3,7H2,1-2H3,(H,18,20,21). The van der Waals surface area contributed by atoms with Crippen molar-refractivity contribution < 1.29 is 4.79 Å². The second-order valence-corrected chi connectivity index (χ2v) is 5.62. The molecule has 0 aliphatic carbocycles. The SMILES string of the molecule is CCCNc1ccc(C(=O)Nc2ccncc2Br)c(C)c1. The fourth-order valence-electron chi connectivity index (χ4n) is 1.96. The summed E-state index contributed by atoms with van der Waals surface area (Å²) in [6, 6.07) is 7.53. The fourth-order valence-corrected chi connectivity index (χ4v) is 2.31. The molecule has 0 fully saturated rings. The van der Waals surface area contributed by atoms with Gasteiger partial charge in [-0.15, -0.1) is 0 Å². The molecule has 110 valence electrons. The minimum Gasteiger partial charge on any atom is -0.385 e. The van der Waals surface area contributed by atoms with Gasteiger partial charge in [0.1, 0.15) is 0 Å². The van der Waals surface area contributed by atoms with Crippen LogP contribution in [0.15, 0.2) is 41.1 Å². The van der Waals surface area contributed by atoms with Gasteiger partial charge in [-0.05, 0) is 59.1 Å². The summed E-state index contributed by atoms with van der Waals surface area (Å²) in [5.41, 5.74) is 3.36. The summed E-state index contributed by atoms with van der Waals surface area (Å²) in [6.45, 7) is 4.98. The van der Waals surface area contributed by atoms with E-state index >= 15 is 0 Å². The molecule has 0 radical (unpaired) electrons. The number of amides is 1. The molecule has 0 spiro atoms. The Morgan fingerprint density at radius 2 is 2.14 bits per heavy atom. The van der Waals surface area contributed by atoms with Gasteiger partial charge in [0.25, 0.3) is 5.91 Å². The minimum atomic E-state index is -0.124. The van der Waals surface area contributed by atoms with Crippen molar-refractivity contribution in [2.75, 3.05) is 17.2 Å². The van der Waals surface area contributed by atoms with Crippen LogP contribution in [0, 0.1) is 6.92 Å². The number of hydrogen-bond donors (Lipinski definition) is 2. The van der Waals surface area contributed by atoms with Gasteiger partial charge in [-0.3, -0.25) is 9.78 Å². The molecule has 0 unspecified atom stereocenters. The first kappa shape index (κ1) is 15.5. The van der Waals surface area contributed by atoms with Crippen molar-refractivity contribution in [1.29, 1.82) is 0 Å². The van der Waals surface area contributed by atoms with Crippen molar-refractivity contribution in [2.24, 2.45) is 0 Å². The van der Waals surface area contributed by atoms with Crippen LogP contribution in [0.1, 0.15) is 29.3 Å². The Kier molecular flexibility index (Phi) is 5.33. The lowest BCUT2D eigenvalue weighted by molar-refractivity contribution is 0.102. The van der Waals surface area contributed by atoms with Gasteiger partial charge in [-0.1, -0.05) is 6.92 Å². The topological polar surface area (TPSA) is 54.0 Å². The van der Waals surface area contributed by atoms with Gasteiger partial charge in [0.05, 0.1) is 10.2 Å². The monoisotopic (exact) mass is 347 g/mol. The van der Waals surface area contributed by atoms with Gasteiger partial charge in [0.2, 0.25) is 0 Å². The number of halogens is 1. The van der Waals surface area contributed by atoms with Gasteiger partial charge in [-0.2, -0.15) is 0 Å². The van der Waals surface area contributed by atoms with E-state index in [1.807, 2.05) is 25.1 Å². The molecule has 2 N–H and O–H groups in total. The molecule has 2 aromatic rings. The van der Waals surface area contributed by atoms with Crippen LogP contribution in [0.4, 0.5) is 11.4 Å². The lowest BCUT2D eigenvalue weighted by Gasteiger charge is -2.11. The molecule has 0 saturated carbocycles. The highest BCUT2D eigenvalue weighted by Gasteiger charge is 2.11. The molecule has 0 saturated heterocycles. The molecule has 0 aliphatic heterocycles. The van der Waals surface area contributed by atoms with Crippen LogP contribution >= 0.6 is 15.9 Å². The van der Waals surface area contributed by atoms with Gasteiger partial charge < -0.3 is 10.6 Å². The van der Waals surface area contributed by atoms with Gasteiger partial charge >= 0.3 is 0 Å². The number of hydrogen-bond acceptors (Lipinski definition) is 3. The average Bonchev–Trinajstić information content (AvgIpc) is 2.47. The average molecular weight is 348 g/mol. The van der Waals surface area contributed by atoms with Crippen molar-refractivity contribution >= 4 is 33.2 Å². The number of nitrogens with zero attached hydrogens (tertiary/aromatic N) is 1. The van der Waals surface area contributed by atoms with E-state index < -0.39 is 0 Å². The molecule has 1 amide bonds. The first-order chi connectivity index (χ1) is 10.1. The van der Waals surface area contributed by atoms with Crippen molar-refractivity contribution in [3.05, 3.63) is 52.3 Å². The first-order valence-electron chi connectivity index (χ1n) is 6.87. The minimum absolute atomic E-state index is 0.124. The normalized spacial score (nSPS) is 10.2. The van der Waals surface area contributed by atoms with Crippen molar-refractivity contribution in [2.45, 2.75) is 20.3 Å².